The minimum atomic E-state index is -4.82. The van der Waals surface area contributed by atoms with Gasteiger partial charge in [-0.15, -0.1) is 0 Å². The summed E-state index contributed by atoms with van der Waals surface area (Å²) in [4.78, 5) is 28.5. The van der Waals surface area contributed by atoms with Crippen LogP contribution in [0.4, 0.5) is 23.7 Å². The van der Waals surface area contributed by atoms with E-state index in [1.807, 2.05) is 5.32 Å². The van der Waals surface area contributed by atoms with Crippen LogP contribution in [0.15, 0.2) is 35.4 Å². The van der Waals surface area contributed by atoms with Crippen molar-refractivity contribution in [2.24, 2.45) is 5.92 Å². The number of hydrogen-bond donors (Lipinski definition) is 2. The van der Waals surface area contributed by atoms with Crippen LogP contribution in [-0.4, -0.2) is 28.9 Å². The highest BCUT2D eigenvalue weighted by atomic mass is 19.4. The monoisotopic (exact) mass is 432 g/mol. The van der Waals surface area contributed by atoms with Crippen LogP contribution in [0, 0.1) is 17.8 Å². The number of anilines is 1. The molecule has 4 rings (SSSR count). The number of alkyl halides is 3. The fourth-order valence-electron chi connectivity index (χ4n) is 3.35. The van der Waals surface area contributed by atoms with Crippen LogP contribution in [0.2, 0.25) is 0 Å². The van der Waals surface area contributed by atoms with Gasteiger partial charge in [-0.05, 0) is 24.5 Å². The van der Waals surface area contributed by atoms with E-state index in [-0.39, 0.29) is 35.9 Å². The Bertz CT molecular complexity index is 1150. The molecule has 2 aliphatic rings. The van der Waals surface area contributed by atoms with E-state index >= 15 is 0 Å². The van der Waals surface area contributed by atoms with Crippen molar-refractivity contribution in [1.29, 1.82) is 0 Å². The number of nitrogens with zero attached hydrogens (tertiary/aromatic N) is 2. The summed E-state index contributed by atoms with van der Waals surface area (Å²) in [6.45, 7) is 0.262. The lowest BCUT2D eigenvalue weighted by molar-refractivity contribution is -0.178. The van der Waals surface area contributed by atoms with Crippen molar-refractivity contribution in [3.05, 3.63) is 57.8 Å². The van der Waals surface area contributed by atoms with Gasteiger partial charge in [0.15, 0.2) is 0 Å². The Kier molecular flexibility index (Phi) is 5.23. The summed E-state index contributed by atoms with van der Waals surface area (Å²) < 4.78 is 48.6. The zero-order valence-corrected chi connectivity index (χ0v) is 16.5. The lowest BCUT2D eigenvalue weighted by Gasteiger charge is -2.37. The molecule has 0 bridgehead atoms. The van der Waals surface area contributed by atoms with E-state index in [0.717, 1.165) is 12.8 Å². The molecule has 2 N–H and O–H groups in total. The molecule has 1 aromatic heterocycles. The van der Waals surface area contributed by atoms with Crippen LogP contribution in [0.25, 0.3) is 0 Å². The number of carbonyl (C=O) groups is 1. The van der Waals surface area contributed by atoms with Crippen LogP contribution >= 0.6 is 0 Å². The zero-order chi connectivity index (χ0) is 22.2. The number of nitrogens with one attached hydrogen (secondary N) is 2. The van der Waals surface area contributed by atoms with E-state index in [1.54, 1.807) is 0 Å². The third-order valence-electron chi connectivity index (χ3n) is 5.08. The van der Waals surface area contributed by atoms with Gasteiger partial charge in [0.05, 0.1) is 25.2 Å². The number of methoxy groups -OCH3 is 1. The highest BCUT2D eigenvalue weighted by molar-refractivity contribution is 5.95. The number of hydrogen-bond acceptors (Lipinski definition) is 4. The summed E-state index contributed by atoms with van der Waals surface area (Å²) >= 11 is 0. The predicted molar refractivity (Wildman–Crippen MR) is 105 cm³/mol. The molecule has 1 unspecified atom stereocenters. The van der Waals surface area contributed by atoms with Gasteiger partial charge < -0.3 is 15.4 Å². The van der Waals surface area contributed by atoms with Gasteiger partial charge >= 0.3 is 12.2 Å². The van der Waals surface area contributed by atoms with Crippen LogP contribution in [0.1, 0.15) is 29.7 Å². The van der Waals surface area contributed by atoms with E-state index in [2.05, 4.69) is 22.1 Å². The number of urea groups is 1. The maximum Gasteiger partial charge on any atom is 0.427 e. The summed E-state index contributed by atoms with van der Waals surface area (Å²) in [6, 6.07) is 4.52. The van der Waals surface area contributed by atoms with Gasteiger partial charge in [-0.1, -0.05) is 24.0 Å². The molecule has 0 spiro atoms. The standard InChI is InChI=1S/C21H19F3N4O3/c1-31-11-15-9-18(29)28(12-25-15)10-14-4-5-16-17(8-14)26-19(30)27-20(16,21(22,23)24)7-6-13-2-3-13/h4-5,8-9,12-13H,2-3,10-11H2,1H3,(H2,26,27,30). The topological polar surface area (TPSA) is 85.2 Å². The molecule has 1 fully saturated rings. The molecule has 1 saturated carbocycles. The van der Waals surface area contributed by atoms with E-state index < -0.39 is 17.7 Å². The molecule has 1 atom stereocenters. The van der Waals surface area contributed by atoms with Crippen molar-refractivity contribution < 1.29 is 22.7 Å². The van der Waals surface area contributed by atoms with Crippen LogP contribution in [0.3, 0.4) is 0 Å². The second-order valence-electron chi connectivity index (χ2n) is 7.53. The number of carbonyl (C=O) groups excluding carboxylic acids is 1. The summed E-state index contributed by atoms with van der Waals surface area (Å²) in [6.07, 6.45) is -1.96. The minimum absolute atomic E-state index is 0.000633. The largest absolute Gasteiger partial charge is 0.427 e. The smallest absolute Gasteiger partial charge is 0.378 e. The molecule has 1 aliphatic heterocycles. The van der Waals surface area contributed by atoms with Crippen molar-refractivity contribution in [1.82, 2.24) is 14.9 Å². The molecule has 0 saturated heterocycles. The molecule has 162 valence electrons. The third kappa shape index (κ3) is 4.14. The normalized spacial score (nSPS) is 20.2. The van der Waals surface area contributed by atoms with Gasteiger partial charge in [0.1, 0.15) is 0 Å². The average molecular weight is 432 g/mol. The first-order chi connectivity index (χ1) is 14.7. The van der Waals surface area contributed by atoms with Gasteiger partial charge in [-0.3, -0.25) is 9.36 Å². The van der Waals surface area contributed by atoms with Gasteiger partial charge in [0, 0.05) is 30.3 Å². The number of fused-ring (bicyclic) bond motifs is 1. The number of halogens is 3. The summed E-state index contributed by atoms with van der Waals surface area (Å²) in [5.74, 6) is 4.86. The third-order valence-corrected chi connectivity index (χ3v) is 5.08. The highest BCUT2D eigenvalue weighted by Crippen LogP contribution is 2.44. The summed E-state index contributed by atoms with van der Waals surface area (Å²) in [5.41, 5.74) is -2.30. The molecule has 2 aromatic rings. The molecule has 31 heavy (non-hydrogen) atoms. The Morgan fingerprint density at radius 1 is 1.29 bits per heavy atom. The first kappa shape index (κ1) is 20.9. The first-order valence-electron chi connectivity index (χ1n) is 9.58. The Morgan fingerprint density at radius 2 is 2.06 bits per heavy atom. The van der Waals surface area contributed by atoms with Crippen molar-refractivity contribution in [2.45, 2.75) is 37.7 Å². The minimum Gasteiger partial charge on any atom is -0.378 e. The zero-order valence-electron chi connectivity index (χ0n) is 16.5. The molecule has 7 nitrogen and oxygen atoms in total. The van der Waals surface area contributed by atoms with Crippen molar-refractivity contribution in [3.8, 4) is 11.8 Å². The maximum absolute atomic E-state index is 14.1. The first-order valence-corrected chi connectivity index (χ1v) is 9.58. The quantitative estimate of drug-likeness (QED) is 0.728. The Balaban J connectivity index is 1.71. The Morgan fingerprint density at radius 3 is 2.71 bits per heavy atom. The fraction of sp³-hybridized carbons (Fsp3) is 0.381. The van der Waals surface area contributed by atoms with Crippen LogP contribution in [0.5, 0.6) is 0 Å². The maximum atomic E-state index is 14.1. The van der Waals surface area contributed by atoms with Crippen molar-refractivity contribution in [3.63, 3.8) is 0 Å². The van der Waals surface area contributed by atoms with E-state index in [0.29, 0.717) is 11.3 Å². The number of ether oxygens (including phenoxy) is 1. The predicted octanol–water partition coefficient (Wildman–Crippen LogP) is 2.74. The number of rotatable bonds is 4. The molecule has 1 aliphatic carbocycles. The van der Waals surface area contributed by atoms with Crippen molar-refractivity contribution in [2.75, 3.05) is 12.4 Å². The number of amides is 2. The SMILES string of the molecule is COCc1cc(=O)n(Cc2ccc3c(c2)NC(=O)NC3(C#CC2CC2)C(F)(F)F)cn1. The Labute approximate surface area is 175 Å². The van der Waals surface area contributed by atoms with Gasteiger partial charge in [0.2, 0.25) is 5.54 Å². The average Bonchev–Trinajstić information content (AvgIpc) is 3.52. The molecule has 1 aromatic carbocycles. The lowest BCUT2D eigenvalue weighted by Crippen LogP contribution is -2.59. The molecule has 10 heteroatoms. The van der Waals surface area contributed by atoms with E-state index in [4.69, 9.17) is 4.74 Å². The molecule has 0 radical (unpaired) electrons. The van der Waals surface area contributed by atoms with Gasteiger partial charge in [0.25, 0.3) is 5.56 Å². The highest BCUT2D eigenvalue weighted by Gasteiger charge is 2.59. The van der Waals surface area contributed by atoms with Crippen LogP contribution < -0.4 is 16.2 Å². The summed E-state index contributed by atoms with van der Waals surface area (Å²) in [7, 11) is 1.49. The number of aromatic nitrogens is 2. The van der Waals surface area contributed by atoms with Gasteiger partial charge in [-0.25, -0.2) is 9.78 Å². The number of benzene rings is 1. The molecular weight excluding hydrogens is 413 g/mol. The second-order valence-corrected chi connectivity index (χ2v) is 7.53. The van der Waals surface area contributed by atoms with Crippen LogP contribution in [-0.2, 0) is 23.4 Å². The van der Waals surface area contributed by atoms with Gasteiger partial charge in [-0.2, -0.15) is 13.2 Å². The Hall–Kier alpha value is -3.32. The molecule has 2 amide bonds. The van der Waals surface area contributed by atoms with E-state index in [1.165, 1.54) is 42.3 Å². The molecular formula is C21H19F3N4O3. The second kappa shape index (κ2) is 7.74. The van der Waals surface area contributed by atoms with E-state index in [9.17, 15) is 22.8 Å². The molecule has 2 heterocycles. The fourth-order valence-corrected chi connectivity index (χ4v) is 3.35. The lowest BCUT2D eigenvalue weighted by atomic mass is 9.85. The van der Waals surface area contributed by atoms with Crippen molar-refractivity contribution >= 4 is 11.7 Å². The summed E-state index contributed by atoms with van der Waals surface area (Å²) in [5, 5.41) is 4.40.